The number of benzene rings is 1. The Labute approximate surface area is 238 Å². The number of amides is 1. The molecule has 1 aliphatic heterocycles. The number of aryl methyl sites for hydroxylation is 2. The number of likely N-dealkylation sites (tertiary alicyclic amines) is 1. The summed E-state index contributed by atoms with van der Waals surface area (Å²) in [6, 6.07) is 7.42. The number of hydrogen-bond acceptors (Lipinski definition) is 10. The molecule has 1 aromatic carbocycles. The topological polar surface area (TPSA) is 183 Å². The molecule has 1 fully saturated rings. The molecule has 2 aromatic heterocycles. The minimum absolute atomic E-state index is 0.0582. The van der Waals surface area contributed by atoms with Crippen molar-refractivity contribution >= 4 is 18.4 Å². The number of likely N-dealkylation sites (N-methyl/N-ethyl adjacent to an activating group) is 1. The number of carboxylic acid groups (broad SMARTS) is 2. The Morgan fingerprint density at radius 3 is 2.63 bits per heavy atom. The Morgan fingerprint density at radius 2 is 2.02 bits per heavy atom. The average molecular weight is 571 g/mol. The van der Waals surface area contributed by atoms with Crippen molar-refractivity contribution in [2.75, 3.05) is 32.1 Å². The van der Waals surface area contributed by atoms with Crippen molar-refractivity contribution in [2.45, 2.75) is 58.7 Å². The summed E-state index contributed by atoms with van der Waals surface area (Å²) in [6.07, 6.45) is -0.174. The second-order valence-electron chi connectivity index (χ2n) is 9.91. The van der Waals surface area contributed by atoms with E-state index < -0.39 is 12.2 Å². The van der Waals surface area contributed by atoms with Gasteiger partial charge in [0.25, 0.3) is 6.47 Å². The second-order valence-corrected chi connectivity index (χ2v) is 9.91. The summed E-state index contributed by atoms with van der Waals surface area (Å²) in [5, 5.41) is 37.0. The lowest BCUT2D eigenvalue weighted by molar-refractivity contribution is -0.122. The van der Waals surface area contributed by atoms with Crippen molar-refractivity contribution in [1.29, 1.82) is 0 Å². The third-order valence-corrected chi connectivity index (χ3v) is 6.85. The zero-order valence-corrected chi connectivity index (χ0v) is 23.9. The van der Waals surface area contributed by atoms with Gasteiger partial charge in [-0.15, -0.1) is 0 Å². The molecular weight excluding hydrogens is 532 g/mol. The Hall–Kier alpha value is -4.23. The molecule has 5 N–H and O–H groups in total. The van der Waals surface area contributed by atoms with Gasteiger partial charge in [-0.3, -0.25) is 4.79 Å². The number of hydrogen-bond donors (Lipinski definition) is 5. The van der Waals surface area contributed by atoms with E-state index in [0.717, 1.165) is 28.1 Å². The average Bonchev–Trinajstić information content (AvgIpc) is 3.26. The molecule has 0 spiro atoms. The minimum atomic E-state index is -0.891. The van der Waals surface area contributed by atoms with E-state index in [2.05, 4.69) is 15.8 Å². The molecule has 1 saturated heterocycles. The molecule has 1 amide bonds. The molecule has 41 heavy (non-hydrogen) atoms. The number of aliphatic hydroxyl groups is 1. The van der Waals surface area contributed by atoms with Gasteiger partial charge in [-0.1, -0.05) is 17.3 Å². The molecule has 3 heterocycles. The molecule has 3 aromatic rings. The quantitative estimate of drug-likeness (QED) is 0.237. The Bertz CT molecular complexity index is 1310. The van der Waals surface area contributed by atoms with Gasteiger partial charge in [0.1, 0.15) is 30.0 Å². The fourth-order valence-electron chi connectivity index (χ4n) is 4.84. The van der Waals surface area contributed by atoms with Gasteiger partial charge in [0.05, 0.1) is 17.0 Å². The zero-order chi connectivity index (χ0) is 30.1. The first kappa shape index (κ1) is 31.3. The molecule has 0 bridgehead atoms. The van der Waals surface area contributed by atoms with Crippen LogP contribution in [0.1, 0.15) is 36.8 Å². The van der Waals surface area contributed by atoms with Crippen molar-refractivity contribution in [3.05, 3.63) is 41.3 Å². The smallest absolute Gasteiger partial charge is 0.407 e. The van der Waals surface area contributed by atoms with Crippen molar-refractivity contribution in [3.63, 3.8) is 0 Å². The molecule has 3 unspecified atom stereocenters. The van der Waals surface area contributed by atoms with Gasteiger partial charge in [-0.2, -0.15) is 0 Å². The van der Waals surface area contributed by atoms with Crippen LogP contribution >= 0.6 is 0 Å². The lowest BCUT2D eigenvalue weighted by atomic mass is 9.98. The molecule has 3 atom stereocenters. The molecule has 0 saturated carbocycles. The van der Waals surface area contributed by atoms with Gasteiger partial charge in [-0.25, -0.2) is 14.8 Å². The lowest BCUT2D eigenvalue weighted by Gasteiger charge is -2.36. The molecule has 0 aliphatic carbocycles. The summed E-state index contributed by atoms with van der Waals surface area (Å²) in [7, 11) is 1.77. The van der Waals surface area contributed by atoms with E-state index in [0.29, 0.717) is 49.1 Å². The van der Waals surface area contributed by atoms with E-state index in [4.69, 9.17) is 29.1 Å². The molecule has 4 rings (SSSR count). The van der Waals surface area contributed by atoms with E-state index in [1.807, 2.05) is 52.0 Å². The summed E-state index contributed by atoms with van der Waals surface area (Å²) in [4.78, 5) is 31.2. The third-order valence-electron chi connectivity index (χ3n) is 6.85. The van der Waals surface area contributed by atoms with Crippen molar-refractivity contribution in [1.82, 2.24) is 25.3 Å². The van der Waals surface area contributed by atoms with E-state index in [9.17, 15) is 15.0 Å². The highest BCUT2D eigenvalue weighted by Crippen LogP contribution is 2.34. The number of ether oxygens (including phenoxy) is 1. The summed E-state index contributed by atoms with van der Waals surface area (Å²) in [5.41, 5.74) is 3.90. The summed E-state index contributed by atoms with van der Waals surface area (Å²) >= 11 is 0. The molecule has 0 radical (unpaired) electrons. The minimum Gasteiger partial charge on any atom is -0.491 e. The number of aromatic nitrogens is 3. The van der Waals surface area contributed by atoms with Crippen molar-refractivity contribution in [3.8, 4) is 28.4 Å². The van der Waals surface area contributed by atoms with Crippen LogP contribution in [-0.2, 0) is 4.79 Å². The number of nitrogens with one attached hydrogen (secondary N) is 2. The van der Waals surface area contributed by atoms with Gasteiger partial charge < -0.3 is 40.1 Å². The van der Waals surface area contributed by atoms with Crippen LogP contribution in [0.2, 0.25) is 0 Å². The van der Waals surface area contributed by atoms with Crippen LogP contribution in [0.25, 0.3) is 22.6 Å². The molecule has 13 nitrogen and oxygen atoms in total. The van der Waals surface area contributed by atoms with Gasteiger partial charge >= 0.3 is 6.09 Å². The van der Waals surface area contributed by atoms with Crippen LogP contribution < -0.4 is 15.4 Å². The maximum atomic E-state index is 11.5. The first-order chi connectivity index (χ1) is 19.6. The highest BCUT2D eigenvalue weighted by molar-refractivity contribution is 5.74. The fraction of sp³-hybridized carbons (Fsp3) is 0.464. The fourth-order valence-corrected chi connectivity index (χ4v) is 4.84. The van der Waals surface area contributed by atoms with E-state index in [1.54, 1.807) is 7.05 Å². The Balaban J connectivity index is 0.00000147. The number of aliphatic hydroxyl groups excluding tert-OH is 1. The first-order valence-electron chi connectivity index (χ1n) is 13.3. The standard InChI is InChI=1S/C27H36N6O5.CH2O2/c1-15-11-20(9-10-33(15)27(35)36)29-25-16(2)24(23-17(3)32-38-18(23)4)30-26(31-25)19-7-6-8-22(12-19)37-14-21(34)13-28-5;2-1-3/h6-8,12,15,20-21,28,34H,9-11,13-14H2,1-5H3,(H,35,36)(H,29,30,31);1H,(H,2,3). The lowest BCUT2D eigenvalue weighted by Crippen LogP contribution is -2.47. The van der Waals surface area contributed by atoms with E-state index in [1.165, 1.54) is 4.90 Å². The first-order valence-corrected chi connectivity index (χ1v) is 13.3. The number of piperidine rings is 1. The molecule has 13 heteroatoms. The van der Waals surface area contributed by atoms with Crippen LogP contribution in [0.4, 0.5) is 10.6 Å². The third kappa shape index (κ3) is 7.92. The maximum absolute atomic E-state index is 11.5. The molecular formula is C28H38N6O7. The van der Waals surface area contributed by atoms with Crippen LogP contribution in [0.3, 0.4) is 0 Å². The van der Waals surface area contributed by atoms with Crippen LogP contribution in [0.5, 0.6) is 5.75 Å². The normalized spacial score (nSPS) is 17.3. The summed E-state index contributed by atoms with van der Waals surface area (Å²) < 4.78 is 11.2. The summed E-state index contributed by atoms with van der Waals surface area (Å²) in [6.45, 7) is 8.43. The number of rotatable bonds is 9. The zero-order valence-electron chi connectivity index (χ0n) is 23.9. The van der Waals surface area contributed by atoms with E-state index in [-0.39, 0.29) is 25.2 Å². The Kier molecular flexibility index (Phi) is 11.0. The predicted molar refractivity (Wildman–Crippen MR) is 152 cm³/mol. The Morgan fingerprint density at radius 1 is 1.29 bits per heavy atom. The van der Waals surface area contributed by atoms with Gasteiger partial charge in [0.15, 0.2) is 5.82 Å². The predicted octanol–water partition coefficient (Wildman–Crippen LogP) is 3.33. The van der Waals surface area contributed by atoms with Crippen LogP contribution in [0.15, 0.2) is 28.8 Å². The number of nitrogens with zero attached hydrogens (tertiary/aromatic N) is 4. The largest absolute Gasteiger partial charge is 0.491 e. The van der Waals surface area contributed by atoms with Gasteiger partial charge in [-0.05, 0) is 59.7 Å². The van der Waals surface area contributed by atoms with E-state index >= 15 is 0 Å². The van der Waals surface area contributed by atoms with Crippen LogP contribution in [0, 0.1) is 20.8 Å². The van der Waals surface area contributed by atoms with Crippen LogP contribution in [-0.4, -0.2) is 92.8 Å². The van der Waals surface area contributed by atoms with Gasteiger partial charge in [0.2, 0.25) is 0 Å². The summed E-state index contributed by atoms with van der Waals surface area (Å²) in [5.74, 6) is 2.46. The number of anilines is 1. The van der Waals surface area contributed by atoms with Crippen molar-refractivity contribution in [2.24, 2.45) is 0 Å². The number of carbonyl (C=O) groups is 2. The van der Waals surface area contributed by atoms with Crippen molar-refractivity contribution < 1.29 is 34.2 Å². The van der Waals surface area contributed by atoms with Gasteiger partial charge in [0, 0.05) is 36.3 Å². The second kappa shape index (κ2) is 14.4. The molecule has 1 aliphatic rings. The highest BCUT2D eigenvalue weighted by atomic mass is 16.5. The SMILES string of the molecule is CNCC(O)COc1cccc(-c2nc(NC3CCN(C(=O)O)C(C)C3)c(C)c(-c3c(C)noc3C)n2)c1.O=CO. The molecule has 222 valence electrons. The monoisotopic (exact) mass is 570 g/mol. The highest BCUT2D eigenvalue weighted by Gasteiger charge is 2.30. The maximum Gasteiger partial charge on any atom is 0.407 e.